The van der Waals surface area contributed by atoms with Crippen LogP contribution < -0.4 is 24.8 Å². The summed E-state index contributed by atoms with van der Waals surface area (Å²) >= 11 is 1.34. The maximum Gasteiger partial charge on any atom is -0.0253 e. The van der Waals surface area contributed by atoms with E-state index in [-0.39, 0.29) is 30.6 Å². The molecule has 0 saturated carbocycles. The van der Waals surface area contributed by atoms with Gasteiger partial charge in [0.2, 0.25) is 0 Å². The van der Waals surface area contributed by atoms with Gasteiger partial charge in [-0.2, -0.15) is 41.5 Å². The van der Waals surface area contributed by atoms with Crippen molar-refractivity contribution >= 4 is 9.28 Å². The number of fused-ring (bicyclic) bond motifs is 3. The van der Waals surface area contributed by atoms with Crippen molar-refractivity contribution in [3.8, 4) is 11.1 Å². The van der Waals surface area contributed by atoms with Gasteiger partial charge in [0.15, 0.2) is 0 Å². The predicted molar refractivity (Wildman–Crippen MR) is 141 cm³/mol. The molecule has 0 N–H and O–H groups in total. The van der Waals surface area contributed by atoms with Crippen LogP contribution in [0.15, 0.2) is 109 Å². The Balaban J connectivity index is 0.000000194. The van der Waals surface area contributed by atoms with Crippen LogP contribution in [0.1, 0.15) is 36.1 Å². The first-order chi connectivity index (χ1) is 17.0. The second kappa shape index (κ2) is 15.1. The summed E-state index contributed by atoms with van der Waals surface area (Å²) in [5, 5.41) is 0. The minimum absolute atomic E-state index is 0. The maximum absolute atomic E-state index is 12.2. The first-order valence-electron chi connectivity index (χ1n) is 11.8. The monoisotopic (exact) mass is 602 g/mol. The number of hydrogen-bond donors (Lipinski definition) is 0. The van der Waals surface area contributed by atoms with Crippen LogP contribution in [0.4, 0.5) is 4.39 Å². The Morgan fingerprint density at radius 2 is 1.49 bits per heavy atom. The molecule has 0 nitrogen and oxygen atoms in total. The van der Waals surface area contributed by atoms with Crippen LogP contribution in [0.2, 0.25) is 0 Å². The second-order valence-electron chi connectivity index (χ2n) is 8.60. The molecule has 186 valence electrons. The molecule has 4 heteroatoms. The van der Waals surface area contributed by atoms with E-state index in [4.69, 9.17) is 0 Å². The predicted octanol–water partition coefficient (Wildman–Crippen LogP) is 2.06. The van der Waals surface area contributed by atoms with E-state index in [2.05, 4.69) is 92.7 Å². The Morgan fingerprint density at radius 3 is 2.14 bits per heavy atom. The van der Waals surface area contributed by atoms with Gasteiger partial charge in [0.1, 0.15) is 0 Å². The van der Waals surface area contributed by atoms with Crippen molar-refractivity contribution in [2.45, 2.75) is 20.3 Å². The molecule has 4 aromatic rings. The van der Waals surface area contributed by atoms with Crippen molar-refractivity contribution in [1.29, 1.82) is 0 Å². The van der Waals surface area contributed by atoms with E-state index in [0.717, 1.165) is 12.0 Å². The van der Waals surface area contributed by atoms with E-state index >= 15 is 0 Å². The van der Waals surface area contributed by atoms with Gasteiger partial charge in [-0.05, 0) is 6.42 Å². The molecule has 0 spiro atoms. The van der Waals surface area contributed by atoms with Gasteiger partial charge in [-0.15, -0.1) is 11.1 Å². The van der Waals surface area contributed by atoms with Crippen molar-refractivity contribution in [3.05, 3.63) is 149 Å². The molecule has 0 saturated heterocycles. The molecule has 0 fully saturated rings. The Labute approximate surface area is 247 Å². The molecule has 6 rings (SSSR count). The van der Waals surface area contributed by atoms with Crippen molar-refractivity contribution in [2.75, 3.05) is 0 Å². The summed E-state index contributed by atoms with van der Waals surface area (Å²) in [6.45, 7) is 4.29. The van der Waals surface area contributed by atoms with Crippen LogP contribution in [0.25, 0.3) is 16.7 Å². The number of benzene rings is 4. The maximum atomic E-state index is 12.2. The zero-order chi connectivity index (χ0) is 24.6. The molecule has 0 aliphatic heterocycles. The smallest absolute Gasteiger partial charge is 0.0253 e. The molecule has 2 aliphatic carbocycles. The van der Waals surface area contributed by atoms with Crippen LogP contribution in [0, 0.1) is 23.9 Å². The number of rotatable bonds is 2. The van der Waals surface area contributed by atoms with Gasteiger partial charge < -0.3 is 24.8 Å². The third-order valence-corrected chi connectivity index (χ3v) is 6.82. The fourth-order valence-corrected chi connectivity index (χ4v) is 4.80. The van der Waals surface area contributed by atoms with Crippen LogP contribution in [-0.4, -0.2) is 3.71 Å². The van der Waals surface area contributed by atoms with Crippen molar-refractivity contribution < 1.29 is 53.4 Å². The zero-order valence-corrected chi connectivity index (χ0v) is 24.8. The van der Waals surface area contributed by atoms with E-state index in [0.29, 0.717) is 5.92 Å². The van der Waals surface area contributed by atoms with Gasteiger partial charge in [0.05, 0.1) is 0 Å². The Morgan fingerprint density at radius 1 is 0.838 bits per heavy atom. The quantitative estimate of drug-likeness (QED) is 0.271. The Hall–Kier alpha value is -2.38. The summed E-state index contributed by atoms with van der Waals surface area (Å²) in [6, 6.07) is 35.1. The summed E-state index contributed by atoms with van der Waals surface area (Å²) in [5.41, 5.74) is 10.5. The average molecular weight is 605 g/mol. The zero-order valence-electron chi connectivity index (χ0n) is 20.8. The van der Waals surface area contributed by atoms with Crippen LogP contribution in [0.5, 0.6) is 0 Å². The molecule has 2 aliphatic rings. The average Bonchev–Trinajstić information content (AvgIpc) is 3.44. The van der Waals surface area contributed by atoms with Crippen molar-refractivity contribution in [2.24, 2.45) is 5.92 Å². The molecule has 37 heavy (non-hydrogen) atoms. The topological polar surface area (TPSA) is 0 Å². The summed E-state index contributed by atoms with van der Waals surface area (Å²) in [6.07, 6.45) is 6.71. The SMILES string of the molecule is CC1=[C-]C(C)C=C1c1ccccc1.Fc1ccc([CH]=[Zr+2])cc1.[Cl-].[Cl-].[c-]1cccc2c1Cc1ccccc1-2. The summed E-state index contributed by atoms with van der Waals surface area (Å²) in [5.74, 6) is 0.298. The van der Waals surface area contributed by atoms with Crippen molar-refractivity contribution in [3.63, 3.8) is 0 Å². The van der Waals surface area contributed by atoms with Gasteiger partial charge in [-0.1, -0.05) is 85.5 Å². The molecule has 0 amide bonds. The van der Waals surface area contributed by atoms with Crippen LogP contribution >= 0.6 is 0 Å². The van der Waals surface area contributed by atoms with E-state index in [1.54, 1.807) is 12.1 Å². The van der Waals surface area contributed by atoms with E-state index in [9.17, 15) is 4.39 Å². The molecular formula is C33H27Cl2FZr-2. The van der Waals surface area contributed by atoms with Crippen LogP contribution in [-0.2, 0) is 30.7 Å². The Bertz CT molecular complexity index is 1320. The summed E-state index contributed by atoms with van der Waals surface area (Å²) < 4.78 is 14.2. The fourth-order valence-electron chi connectivity index (χ4n) is 4.32. The third kappa shape index (κ3) is 8.31. The molecule has 1 unspecified atom stereocenters. The van der Waals surface area contributed by atoms with E-state index < -0.39 is 0 Å². The molecule has 1 atom stereocenters. The van der Waals surface area contributed by atoms with Gasteiger partial charge in [-0.25, -0.2) is 5.57 Å². The molecule has 0 heterocycles. The summed E-state index contributed by atoms with van der Waals surface area (Å²) in [7, 11) is 0. The molecular weight excluding hydrogens is 577 g/mol. The van der Waals surface area contributed by atoms with E-state index in [1.165, 1.54) is 75.3 Å². The molecule has 0 bridgehead atoms. The first kappa shape index (κ1) is 30.8. The fraction of sp³-hybridized carbons (Fsp3) is 0.121. The van der Waals surface area contributed by atoms with E-state index in [1.807, 2.05) is 15.8 Å². The Kier molecular flexibility index (Phi) is 12.6. The number of hydrogen-bond acceptors (Lipinski definition) is 0. The minimum atomic E-state index is -0.170. The number of halogens is 3. The van der Waals surface area contributed by atoms with Gasteiger partial charge in [0, 0.05) is 0 Å². The van der Waals surface area contributed by atoms with Gasteiger partial charge in [-0.3, -0.25) is 6.08 Å². The van der Waals surface area contributed by atoms with Crippen LogP contribution in [0.3, 0.4) is 0 Å². The molecule has 0 radical (unpaired) electrons. The number of allylic oxidation sites excluding steroid dienone is 4. The first-order valence-corrected chi connectivity index (χ1v) is 13.2. The van der Waals surface area contributed by atoms with Gasteiger partial charge >= 0.3 is 68.0 Å². The largest absolute Gasteiger partial charge is 1.00 e. The summed E-state index contributed by atoms with van der Waals surface area (Å²) in [4.78, 5) is 0. The molecule has 0 aromatic heterocycles. The minimum Gasteiger partial charge on any atom is -1.00 e. The second-order valence-corrected chi connectivity index (χ2v) is 9.31. The van der Waals surface area contributed by atoms with Crippen molar-refractivity contribution in [1.82, 2.24) is 0 Å². The third-order valence-electron chi connectivity index (χ3n) is 6.00. The normalized spacial score (nSPS) is 14.0. The standard InChI is InChI=1S/C13H9.C13H13.C7H5F.2ClH.Zr/c1-3-7-12-10(5-1)9-11-6-2-4-8-13(11)12;1-10-8-11(2)13(9-10)12-6-4-3-5-7-12;1-6-2-4-7(8)5-3-6;;;/h1-5,7-8H,9H2;3-7,9-10H,1-2H3;1-5H;2*1H;/q2*-1;;;;+2/p-2. The molecule has 4 aromatic carbocycles. The van der Waals surface area contributed by atoms with Gasteiger partial charge in [0.25, 0.3) is 0 Å².